The lowest BCUT2D eigenvalue weighted by atomic mass is 10.1. The Balaban J connectivity index is 1.40. The summed E-state index contributed by atoms with van der Waals surface area (Å²) in [5.41, 5.74) is 0.840. The Morgan fingerprint density at radius 3 is 3.05 bits per heavy atom. The van der Waals surface area contributed by atoms with Crippen molar-refractivity contribution < 1.29 is 4.79 Å². The van der Waals surface area contributed by atoms with Crippen LogP contribution in [0, 0.1) is 5.92 Å². The standard InChI is InChI=1S/C16H21N5O/c22-14-7-11(9-21(14)12-3-1-2-4-12)8-18-16-13-5-6-17-15(13)19-10-20-16/h5-6,10-12H,1-4,7-9H2,(H2,17,18,19,20). The summed E-state index contributed by atoms with van der Waals surface area (Å²) in [6.07, 6.45) is 8.99. The second-order valence-corrected chi connectivity index (χ2v) is 6.40. The van der Waals surface area contributed by atoms with E-state index < -0.39 is 0 Å². The molecule has 1 aliphatic carbocycles. The third kappa shape index (κ3) is 2.42. The Hall–Kier alpha value is -2.11. The molecule has 2 aromatic heterocycles. The van der Waals surface area contributed by atoms with E-state index in [-0.39, 0.29) is 0 Å². The molecule has 0 spiro atoms. The molecule has 6 heteroatoms. The Morgan fingerprint density at radius 1 is 1.32 bits per heavy atom. The molecule has 1 aliphatic heterocycles. The fourth-order valence-corrected chi connectivity index (χ4v) is 3.77. The molecular weight excluding hydrogens is 278 g/mol. The van der Waals surface area contributed by atoms with Crippen LogP contribution in [0.2, 0.25) is 0 Å². The number of H-pyrrole nitrogens is 1. The summed E-state index contributed by atoms with van der Waals surface area (Å²) in [7, 11) is 0. The number of nitrogens with one attached hydrogen (secondary N) is 2. The molecule has 3 heterocycles. The quantitative estimate of drug-likeness (QED) is 0.907. The lowest BCUT2D eigenvalue weighted by Crippen LogP contribution is -2.34. The van der Waals surface area contributed by atoms with Crippen LogP contribution in [-0.2, 0) is 4.79 Å². The smallest absolute Gasteiger partial charge is 0.223 e. The molecule has 2 fully saturated rings. The molecule has 0 bridgehead atoms. The van der Waals surface area contributed by atoms with Gasteiger partial charge in [-0.3, -0.25) is 4.79 Å². The average Bonchev–Trinajstić information content (AvgIpc) is 3.25. The summed E-state index contributed by atoms with van der Waals surface area (Å²) in [6, 6.07) is 2.47. The summed E-state index contributed by atoms with van der Waals surface area (Å²) in [6.45, 7) is 1.67. The van der Waals surface area contributed by atoms with Crippen LogP contribution in [0.15, 0.2) is 18.6 Å². The number of nitrogens with zero attached hydrogens (tertiary/aromatic N) is 3. The van der Waals surface area contributed by atoms with E-state index in [4.69, 9.17) is 0 Å². The highest BCUT2D eigenvalue weighted by molar-refractivity contribution is 5.86. The molecule has 0 radical (unpaired) electrons. The second-order valence-electron chi connectivity index (χ2n) is 6.40. The van der Waals surface area contributed by atoms with Crippen LogP contribution in [0.3, 0.4) is 0 Å². The summed E-state index contributed by atoms with van der Waals surface area (Å²) in [5.74, 6) is 1.54. The predicted molar refractivity (Wildman–Crippen MR) is 84.5 cm³/mol. The number of hydrogen-bond donors (Lipinski definition) is 2. The fraction of sp³-hybridized carbons (Fsp3) is 0.562. The van der Waals surface area contributed by atoms with Crippen molar-refractivity contribution in [3.63, 3.8) is 0 Å². The molecule has 116 valence electrons. The third-order valence-corrected chi connectivity index (χ3v) is 4.92. The van der Waals surface area contributed by atoms with E-state index >= 15 is 0 Å². The van der Waals surface area contributed by atoms with Crippen LogP contribution in [0.1, 0.15) is 32.1 Å². The number of hydrogen-bond acceptors (Lipinski definition) is 4. The molecule has 4 rings (SSSR count). The number of carbonyl (C=O) groups is 1. The van der Waals surface area contributed by atoms with Crippen molar-refractivity contribution in [2.45, 2.75) is 38.1 Å². The van der Waals surface area contributed by atoms with Crippen molar-refractivity contribution in [3.05, 3.63) is 18.6 Å². The number of rotatable bonds is 4. The van der Waals surface area contributed by atoms with Crippen molar-refractivity contribution >= 4 is 22.8 Å². The first kappa shape index (κ1) is 13.5. The summed E-state index contributed by atoms with van der Waals surface area (Å²) >= 11 is 0. The maximum Gasteiger partial charge on any atom is 0.223 e. The highest BCUT2D eigenvalue weighted by Crippen LogP contribution is 2.29. The van der Waals surface area contributed by atoms with Gasteiger partial charge in [0.1, 0.15) is 17.8 Å². The van der Waals surface area contributed by atoms with Crippen LogP contribution in [0.25, 0.3) is 11.0 Å². The lowest BCUT2D eigenvalue weighted by Gasteiger charge is -2.24. The van der Waals surface area contributed by atoms with Gasteiger partial charge in [0.05, 0.1) is 5.39 Å². The molecule has 1 atom stereocenters. The van der Waals surface area contributed by atoms with Gasteiger partial charge in [-0.1, -0.05) is 12.8 Å². The molecule has 1 saturated heterocycles. The van der Waals surface area contributed by atoms with E-state index in [0.717, 1.165) is 29.9 Å². The van der Waals surface area contributed by atoms with Gasteiger partial charge < -0.3 is 15.2 Å². The molecule has 1 saturated carbocycles. The molecule has 1 unspecified atom stereocenters. The van der Waals surface area contributed by atoms with Crippen molar-refractivity contribution in [2.75, 3.05) is 18.4 Å². The Bertz CT molecular complexity index is 676. The van der Waals surface area contributed by atoms with Crippen molar-refractivity contribution in [3.8, 4) is 0 Å². The van der Waals surface area contributed by atoms with Gasteiger partial charge in [-0.25, -0.2) is 9.97 Å². The molecule has 2 N–H and O–H groups in total. The molecule has 0 aromatic carbocycles. The minimum Gasteiger partial charge on any atom is -0.369 e. The molecule has 22 heavy (non-hydrogen) atoms. The van der Waals surface area contributed by atoms with Crippen molar-refractivity contribution in [1.82, 2.24) is 19.9 Å². The van der Waals surface area contributed by atoms with Crippen LogP contribution >= 0.6 is 0 Å². The van der Waals surface area contributed by atoms with E-state index in [9.17, 15) is 4.79 Å². The number of anilines is 1. The van der Waals surface area contributed by atoms with E-state index in [1.807, 2.05) is 12.3 Å². The van der Waals surface area contributed by atoms with Gasteiger partial charge in [-0.05, 0) is 18.9 Å². The van der Waals surface area contributed by atoms with Gasteiger partial charge in [0, 0.05) is 37.7 Å². The highest BCUT2D eigenvalue weighted by atomic mass is 16.2. The minimum absolute atomic E-state index is 0.327. The monoisotopic (exact) mass is 299 g/mol. The van der Waals surface area contributed by atoms with Crippen molar-refractivity contribution in [1.29, 1.82) is 0 Å². The number of aromatic nitrogens is 3. The van der Waals surface area contributed by atoms with Crippen LogP contribution in [0.4, 0.5) is 5.82 Å². The minimum atomic E-state index is 0.327. The lowest BCUT2D eigenvalue weighted by molar-refractivity contribution is -0.129. The molecule has 2 aliphatic rings. The van der Waals surface area contributed by atoms with E-state index in [2.05, 4.69) is 25.2 Å². The second kappa shape index (κ2) is 5.59. The van der Waals surface area contributed by atoms with E-state index in [1.54, 1.807) is 6.33 Å². The number of likely N-dealkylation sites (tertiary alicyclic amines) is 1. The van der Waals surface area contributed by atoms with Gasteiger partial charge >= 0.3 is 0 Å². The third-order valence-electron chi connectivity index (χ3n) is 4.92. The summed E-state index contributed by atoms with van der Waals surface area (Å²) in [4.78, 5) is 25.9. The van der Waals surface area contributed by atoms with Gasteiger partial charge in [0.25, 0.3) is 0 Å². The number of amides is 1. The normalized spacial score (nSPS) is 22.8. The first-order valence-corrected chi connectivity index (χ1v) is 8.12. The van der Waals surface area contributed by atoms with E-state index in [0.29, 0.717) is 24.3 Å². The topological polar surface area (TPSA) is 73.9 Å². The predicted octanol–water partition coefficient (Wildman–Crippen LogP) is 2.16. The van der Waals surface area contributed by atoms with Crippen molar-refractivity contribution in [2.24, 2.45) is 5.92 Å². The summed E-state index contributed by atoms with van der Waals surface area (Å²) < 4.78 is 0. The SMILES string of the molecule is O=C1CC(CNc2ncnc3[nH]ccc23)CN1C1CCCC1. The fourth-order valence-electron chi connectivity index (χ4n) is 3.77. The van der Waals surface area contributed by atoms with Crippen LogP contribution < -0.4 is 5.32 Å². The largest absolute Gasteiger partial charge is 0.369 e. The molecular formula is C16H21N5O. The average molecular weight is 299 g/mol. The van der Waals surface area contributed by atoms with Gasteiger partial charge in [0.15, 0.2) is 0 Å². The Morgan fingerprint density at radius 2 is 2.18 bits per heavy atom. The van der Waals surface area contributed by atoms with Gasteiger partial charge in [-0.15, -0.1) is 0 Å². The maximum absolute atomic E-state index is 12.2. The highest BCUT2D eigenvalue weighted by Gasteiger charge is 2.35. The number of fused-ring (bicyclic) bond motifs is 1. The number of aromatic amines is 1. The summed E-state index contributed by atoms with van der Waals surface area (Å²) in [5, 5.41) is 4.40. The maximum atomic E-state index is 12.2. The zero-order valence-electron chi connectivity index (χ0n) is 12.6. The van der Waals surface area contributed by atoms with Crippen LogP contribution in [-0.4, -0.2) is 44.9 Å². The Labute approximate surface area is 129 Å². The molecule has 1 amide bonds. The zero-order valence-corrected chi connectivity index (χ0v) is 12.6. The molecule has 6 nitrogen and oxygen atoms in total. The first-order chi connectivity index (χ1) is 10.8. The first-order valence-electron chi connectivity index (χ1n) is 8.12. The van der Waals surface area contributed by atoms with Crippen LogP contribution in [0.5, 0.6) is 0 Å². The number of carbonyl (C=O) groups excluding carboxylic acids is 1. The zero-order chi connectivity index (χ0) is 14.9. The Kier molecular flexibility index (Phi) is 3.44. The van der Waals surface area contributed by atoms with E-state index in [1.165, 1.54) is 25.7 Å². The molecule has 2 aromatic rings. The van der Waals surface area contributed by atoms with Gasteiger partial charge in [0.2, 0.25) is 5.91 Å². The van der Waals surface area contributed by atoms with Gasteiger partial charge in [-0.2, -0.15) is 0 Å².